The summed E-state index contributed by atoms with van der Waals surface area (Å²) in [7, 11) is 0. The summed E-state index contributed by atoms with van der Waals surface area (Å²) >= 11 is 0. The van der Waals surface area contributed by atoms with E-state index in [0.29, 0.717) is 5.56 Å². The average Bonchev–Trinajstić information content (AvgIpc) is 2.37. The van der Waals surface area contributed by atoms with Crippen LogP contribution in [-0.2, 0) is 0 Å². The Morgan fingerprint density at radius 2 is 2.11 bits per heavy atom. The molecular weight excluding hydrogens is 243 g/mol. The molecule has 0 radical (unpaired) electrons. The molecule has 4 heteroatoms. The van der Waals surface area contributed by atoms with Gasteiger partial charge in [0.15, 0.2) is 0 Å². The summed E-state index contributed by atoms with van der Waals surface area (Å²) in [5.74, 6) is 4.77. The lowest BCUT2D eigenvalue weighted by molar-refractivity contribution is 0.0926. The second-order valence-corrected chi connectivity index (χ2v) is 4.71. The topological polar surface area (TPSA) is 55.1 Å². The summed E-state index contributed by atoms with van der Waals surface area (Å²) in [5.41, 5.74) is 5.86. The molecule has 1 atom stereocenters. The number of benzene rings is 1. The van der Waals surface area contributed by atoms with E-state index < -0.39 is 11.7 Å². The molecule has 0 bridgehead atoms. The molecule has 0 aromatic heterocycles. The molecule has 1 unspecified atom stereocenters. The van der Waals surface area contributed by atoms with E-state index >= 15 is 0 Å². The standard InChI is InChI=1S/C15H19FN2O/c1-10(2)11(3)18-15(19)13-9-12(5-4-8-17)6-7-14(13)16/h6-7,9-11H,8,17H2,1-3H3,(H,18,19). The van der Waals surface area contributed by atoms with Crippen molar-refractivity contribution in [1.82, 2.24) is 5.32 Å². The Bertz CT molecular complexity index is 515. The van der Waals surface area contributed by atoms with Crippen molar-refractivity contribution < 1.29 is 9.18 Å². The highest BCUT2D eigenvalue weighted by Gasteiger charge is 2.16. The molecule has 0 aliphatic heterocycles. The maximum absolute atomic E-state index is 13.7. The van der Waals surface area contributed by atoms with Gasteiger partial charge in [0, 0.05) is 11.6 Å². The van der Waals surface area contributed by atoms with Gasteiger partial charge < -0.3 is 11.1 Å². The summed E-state index contributed by atoms with van der Waals surface area (Å²) in [6.07, 6.45) is 0. The van der Waals surface area contributed by atoms with Crippen molar-refractivity contribution in [2.24, 2.45) is 11.7 Å². The fraction of sp³-hybridized carbons (Fsp3) is 0.400. The molecule has 102 valence electrons. The van der Waals surface area contributed by atoms with Crippen LogP contribution in [0, 0.1) is 23.6 Å². The lowest BCUT2D eigenvalue weighted by atomic mass is 10.0. The summed E-state index contributed by atoms with van der Waals surface area (Å²) in [6, 6.07) is 4.20. The maximum atomic E-state index is 13.7. The highest BCUT2D eigenvalue weighted by molar-refractivity contribution is 5.95. The van der Waals surface area contributed by atoms with Gasteiger partial charge in [0.25, 0.3) is 5.91 Å². The molecule has 3 nitrogen and oxygen atoms in total. The monoisotopic (exact) mass is 262 g/mol. The van der Waals surface area contributed by atoms with Gasteiger partial charge in [-0.25, -0.2) is 4.39 Å². The van der Waals surface area contributed by atoms with Crippen LogP contribution in [0.3, 0.4) is 0 Å². The number of hydrogen-bond donors (Lipinski definition) is 2. The zero-order chi connectivity index (χ0) is 14.4. The van der Waals surface area contributed by atoms with Gasteiger partial charge >= 0.3 is 0 Å². The number of hydrogen-bond acceptors (Lipinski definition) is 2. The Kier molecular flexibility index (Phi) is 5.53. The van der Waals surface area contributed by atoms with Crippen LogP contribution in [0.25, 0.3) is 0 Å². The zero-order valence-electron chi connectivity index (χ0n) is 11.5. The van der Waals surface area contributed by atoms with Gasteiger partial charge in [-0.2, -0.15) is 0 Å². The average molecular weight is 262 g/mol. The van der Waals surface area contributed by atoms with E-state index in [4.69, 9.17) is 5.73 Å². The molecule has 1 aromatic rings. The third kappa shape index (κ3) is 4.38. The number of carbonyl (C=O) groups is 1. The van der Waals surface area contributed by atoms with Crippen molar-refractivity contribution in [3.63, 3.8) is 0 Å². The van der Waals surface area contributed by atoms with Crippen LogP contribution < -0.4 is 11.1 Å². The first-order valence-electron chi connectivity index (χ1n) is 6.25. The predicted octanol–water partition coefficient (Wildman–Crippen LogP) is 1.91. The maximum Gasteiger partial charge on any atom is 0.254 e. The second kappa shape index (κ2) is 6.91. The number of nitrogens with two attached hydrogens (primary N) is 1. The van der Waals surface area contributed by atoms with Gasteiger partial charge in [0.05, 0.1) is 12.1 Å². The highest BCUT2D eigenvalue weighted by Crippen LogP contribution is 2.11. The second-order valence-electron chi connectivity index (χ2n) is 4.71. The van der Waals surface area contributed by atoms with Gasteiger partial charge in [-0.15, -0.1) is 0 Å². The van der Waals surface area contributed by atoms with E-state index in [-0.39, 0.29) is 24.1 Å². The van der Waals surface area contributed by atoms with Crippen LogP contribution in [-0.4, -0.2) is 18.5 Å². The first-order valence-corrected chi connectivity index (χ1v) is 6.25. The minimum absolute atomic E-state index is 0.0105. The van der Waals surface area contributed by atoms with E-state index in [1.807, 2.05) is 20.8 Å². The summed E-state index contributed by atoms with van der Waals surface area (Å²) in [6.45, 7) is 6.09. The number of amides is 1. The summed E-state index contributed by atoms with van der Waals surface area (Å²) in [5, 5.41) is 2.77. The first-order chi connectivity index (χ1) is 8.95. The minimum atomic E-state index is -0.549. The van der Waals surface area contributed by atoms with Gasteiger partial charge in [-0.05, 0) is 31.0 Å². The van der Waals surface area contributed by atoms with Crippen molar-refractivity contribution >= 4 is 5.91 Å². The number of nitrogens with one attached hydrogen (secondary N) is 1. The first kappa shape index (κ1) is 15.2. The van der Waals surface area contributed by atoms with Crippen molar-refractivity contribution in [2.45, 2.75) is 26.8 Å². The van der Waals surface area contributed by atoms with Crippen molar-refractivity contribution in [3.05, 3.63) is 35.1 Å². The van der Waals surface area contributed by atoms with Crippen LogP contribution in [0.5, 0.6) is 0 Å². The van der Waals surface area contributed by atoms with E-state index in [0.717, 1.165) is 0 Å². The van der Waals surface area contributed by atoms with Gasteiger partial charge in [-0.3, -0.25) is 4.79 Å². The third-order valence-electron chi connectivity index (χ3n) is 2.90. The smallest absolute Gasteiger partial charge is 0.254 e. The van der Waals surface area contributed by atoms with E-state index in [2.05, 4.69) is 17.2 Å². The quantitative estimate of drug-likeness (QED) is 0.818. The predicted molar refractivity (Wildman–Crippen MR) is 74.1 cm³/mol. The molecule has 1 aromatic carbocycles. The van der Waals surface area contributed by atoms with Crippen LogP contribution in [0.1, 0.15) is 36.7 Å². The van der Waals surface area contributed by atoms with Crippen LogP contribution in [0.4, 0.5) is 4.39 Å². The highest BCUT2D eigenvalue weighted by atomic mass is 19.1. The fourth-order valence-electron chi connectivity index (χ4n) is 1.38. The van der Waals surface area contributed by atoms with Crippen molar-refractivity contribution in [1.29, 1.82) is 0 Å². The van der Waals surface area contributed by atoms with Gasteiger partial charge in [0.2, 0.25) is 0 Å². The zero-order valence-corrected chi connectivity index (χ0v) is 11.5. The molecule has 0 saturated heterocycles. The molecule has 1 amide bonds. The lowest BCUT2D eigenvalue weighted by Crippen LogP contribution is -2.36. The number of rotatable bonds is 3. The van der Waals surface area contributed by atoms with Crippen LogP contribution in [0.2, 0.25) is 0 Å². The van der Waals surface area contributed by atoms with E-state index in [9.17, 15) is 9.18 Å². The van der Waals surface area contributed by atoms with E-state index in [1.165, 1.54) is 18.2 Å². The Labute approximate surface area is 113 Å². The van der Waals surface area contributed by atoms with Crippen LogP contribution >= 0.6 is 0 Å². The van der Waals surface area contributed by atoms with Crippen LogP contribution in [0.15, 0.2) is 18.2 Å². The molecular formula is C15H19FN2O. The molecule has 0 heterocycles. The minimum Gasteiger partial charge on any atom is -0.349 e. The molecule has 19 heavy (non-hydrogen) atoms. The third-order valence-corrected chi connectivity index (χ3v) is 2.90. The summed E-state index contributed by atoms with van der Waals surface area (Å²) < 4.78 is 13.7. The molecule has 0 saturated carbocycles. The molecule has 0 fully saturated rings. The Hall–Kier alpha value is -1.86. The molecule has 0 spiro atoms. The van der Waals surface area contributed by atoms with Crippen molar-refractivity contribution in [2.75, 3.05) is 6.54 Å². The lowest BCUT2D eigenvalue weighted by Gasteiger charge is -2.17. The van der Waals surface area contributed by atoms with Gasteiger partial charge in [-0.1, -0.05) is 25.7 Å². The number of halogens is 1. The molecule has 3 N–H and O–H groups in total. The van der Waals surface area contributed by atoms with E-state index in [1.54, 1.807) is 0 Å². The summed E-state index contributed by atoms with van der Waals surface area (Å²) in [4.78, 5) is 12.0. The number of carbonyl (C=O) groups excluding carboxylic acids is 1. The normalized spacial score (nSPS) is 11.7. The largest absolute Gasteiger partial charge is 0.349 e. The molecule has 0 aliphatic carbocycles. The van der Waals surface area contributed by atoms with Gasteiger partial charge in [0.1, 0.15) is 5.82 Å². The Morgan fingerprint density at radius 3 is 2.68 bits per heavy atom. The molecule has 0 aliphatic rings. The Morgan fingerprint density at radius 1 is 1.42 bits per heavy atom. The molecule has 1 rings (SSSR count). The Balaban J connectivity index is 2.95. The fourth-order valence-corrected chi connectivity index (χ4v) is 1.38. The van der Waals surface area contributed by atoms with Crippen molar-refractivity contribution in [3.8, 4) is 11.8 Å². The SMILES string of the molecule is CC(C)C(C)NC(=O)c1cc(C#CCN)ccc1F.